The van der Waals surface area contributed by atoms with Crippen molar-refractivity contribution < 1.29 is 5.11 Å². The van der Waals surface area contributed by atoms with Gasteiger partial charge in [0.05, 0.1) is 0 Å². The van der Waals surface area contributed by atoms with Gasteiger partial charge in [-0.15, -0.1) is 0 Å². The van der Waals surface area contributed by atoms with Crippen LogP contribution in [-0.4, -0.2) is 20.1 Å². The lowest BCUT2D eigenvalue weighted by molar-refractivity contribution is 0.479. The number of benzene rings is 9. The van der Waals surface area contributed by atoms with Gasteiger partial charge in [0.2, 0.25) is 0 Å². The van der Waals surface area contributed by atoms with E-state index in [0.717, 1.165) is 54.9 Å². The minimum Gasteiger partial charge on any atom is -0.507 e. The molecule has 0 atom stereocenters. The van der Waals surface area contributed by atoms with E-state index in [0.29, 0.717) is 23.0 Å². The number of phenols is 1. The van der Waals surface area contributed by atoms with Crippen molar-refractivity contribution in [2.45, 2.75) is 0 Å². The van der Waals surface area contributed by atoms with E-state index in [9.17, 15) is 5.11 Å². The Balaban J connectivity index is 1.21. The molecule has 0 amide bonds. The Labute approximate surface area is 306 Å². The summed E-state index contributed by atoms with van der Waals surface area (Å²) in [6.07, 6.45) is 0. The van der Waals surface area contributed by atoms with Crippen LogP contribution in [0.25, 0.3) is 99.5 Å². The van der Waals surface area contributed by atoms with E-state index in [1.54, 1.807) is 0 Å². The quantitative estimate of drug-likeness (QED) is 0.184. The molecule has 0 saturated heterocycles. The summed E-state index contributed by atoms with van der Waals surface area (Å²) in [6.45, 7) is 0. The Morgan fingerprint density at radius 3 is 1.57 bits per heavy atom. The zero-order chi connectivity index (χ0) is 35.3. The minimum atomic E-state index is 0.176. The molecule has 0 radical (unpaired) electrons. The highest BCUT2D eigenvalue weighted by molar-refractivity contribution is 6.15. The van der Waals surface area contributed by atoms with Gasteiger partial charge in [0, 0.05) is 27.8 Å². The zero-order valence-corrected chi connectivity index (χ0v) is 28.6. The first-order chi connectivity index (χ1) is 26.2. The van der Waals surface area contributed by atoms with Gasteiger partial charge >= 0.3 is 0 Å². The first kappa shape index (κ1) is 30.6. The second kappa shape index (κ2) is 12.6. The van der Waals surface area contributed by atoms with Crippen LogP contribution in [0.5, 0.6) is 5.75 Å². The molecule has 10 aromatic rings. The van der Waals surface area contributed by atoms with E-state index in [1.807, 2.05) is 72.8 Å². The molecule has 0 spiro atoms. The fourth-order valence-electron chi connectivity index (χ4n) is 7.66. The maximum absolute atomic E-state index is 12.5. The van der Waals surface area contributed by atoms with Gasteiger partial charge < -0.3 is 5.11 Å². The number of rotatable bonds is 5. The summed E-state index contributed by atoms with van der Waals surface area (Å²) in [5.41, 5.74) is 5.73. The van der Waals surface area contributed by atoms with Gasteiger partial charge in [-0.1, -0.05) is 158 Å². The van der Waals surface area contributed by atoms with E-state index < -0.39 is 0 Å². The van der Waals surface area contributed by atoms with E-state index in [-0.39, 0.29) is 5.75 Å². The molecular formula is C49H31N3O. The predicted octanol–water partition coefficient (Wildman–Crippen LogP) is 12.5. The van der Waals surface area contributed by atoms with Gasteiger partial charge in [-0.25, -0.2) is 15.0 Å². The minimum absolute atomic E-state index is 0.176. The van der Waals surface area contributed by atoms with Crippen molar-refractivity contribution in [1.82, 2.24) is 15.0 Å². The summed E-state index contributed by atoms with van der Waals surface area (Å²) in [6, 6.07) is 62.2. The predicted molar refractivity (Wildman–Crippen MR) is 219 cm³/mol. The monoisotopic (exact) mass is 677 g/mol. The van der Waals surface area contributed by atoms with Gasteiger partial charge in [0.1, 0.15) is 5.75 Å². The Morgan fingerprint density at radius 2 is 0.811 bits per heavy atom. The van der Waals surface area contributed by atoms with Crippen molar-refractivity contribution >= 4 is 43.1 Å². The molecule has 0 bridgehead atoms. The van der Waals surface area contributed by atoms with Crippen LogP contribution in [0.3, 0.4) is 0 Å². The summed E-state index contributed by atoms with van der Waals surface area (Å²) in [5.74, 6) is 1.78. The standard InChI is InChI=1S/C49H31N3O/c53-46-42(44-30-34-18-8-10-20-38(34)40-21-11-12-22-41(40)44)27-28-43(45(46)32-14-3-1-4-15-32)49-51-47(33-16-5-2-6-17-33)50-48(52-49)36-25-26-39-35(29-36)24-23-31-13-7-9-19-37(31)39/h1-30,53H. The molecule has 10 rings (SSSR count). The molecular weight excluding hydrogens is 647 g/mol. The fourth-order valence-corrected chi connectivity index (χ4v) is 7.66. The van der Waals surface area contributed by atoms with Crippen molar-refractivity contribution in [3.8, 4) is 62.2 Å². The molecule has 0 aliphatic heterocycles. The van der Waals surface area contributed by atoms with Crippen LogP contribution in [-0.2, 0) is 0 Å². The molecule has 1 heterocycles. The number of hydrogen-bond acceptors (Lipinski definition) is 4. The third-order valence-corrected chi connectivity index (χ3v) is 10.2. The molecule has 0 fully saturated rings. The summed E-state index contributed by atoms with van der Waals surface area (Å²) < 4.78 is 0. The molecule has 0 unspecified atom stereocenters. The number of aromatic hydroxyl groups is 1. The lowest BCUT2D eigenvalue weighted by atomic mass is 9.89. The summed E-state index contributed by atoms with van der Waals surface area (Å²) in [5, 5.41) is 21.7. The highest BCUT2D eigenvalue weighted by atomic mass is 16.3. The molecule has 9 aromatic carbocycles. The largest absolute Gasteiger partial charge is 0.507 e. The number of hydrogen-bond donors (Lipinski definition) is 1. The van der Waals surface area contributed by atoms with E-state index in [1.165, 1.54) is 21.5 Å². The molecule has 1 N–H and O–H groups in total. The van der Waals surface area contributed by atoms with Gasteiger partial charge in [-0.05, 0) is 78.5 Å². The second-order valence-corrected chi connectivity index (χ2v) is 13.3. The molecule has 4 heteroatoms. The van der Waals surface area contributed by atoms with Crippen molar-refractivity contribution in [2.24, 2.45) is 0 Å². The summed E-state index contributed by atoms with van der Waals surface area (Å²) in [7, 11) is 0. The van der Waals surface area contributed by atoms with Gasteiger partial charge in [0.25, 0.3) is 0 Å². The molecule has 248 valence electrons. The highest BCUT2D eigenvalue weighted by Gasteiger charge is 2.22. The number of nitrogens with zero attached hydrogens (tertiary/aromatic N) is 3. The van der Waals surface area contributed by atoms with Crippen LogP contribution in [0.1, 0.15) is 0 Å². The van der Waals surface area contributed by atoms with Crippen LogP contribution in [0.2, 0.25) is 0 Å². The van der Waals surface area contributed by atoms with Crippen molar-refractivity contribution in [3.63, 3.8) is 0 Å². The van der Waals surface area contributed by atoms with Crippen LogP contribution in [0.4, 0.5) is 0 Å². The van der Waals surface area contributed by atoms with Crippen molar-refractivity contribution in [3.05, 3.63) is 182 Å². The maximum Gasteiger partial charge on any atom is 0.164 e. The average molecular weight is 678 g/mol. The molecule has 4 nitrogen and oxygen atoms in total. The molecule has 53 heavy (non-hydrogen) atoms. The third-order valence-electron chi connectivity index (χ3n) is 10.2. The number of aromatic nitrogens is 3. The molecule has 1 aromatic heterocycles. The zero-order valence-electron chi connectivity index (χ0n) is 28.6. The van der Waals surface area contributed by atoms with Crippen LogP contribution >= 0.6 is 0 Å². The van der Waals surface area contributed by atoms with E-state index in [4.69, 9.17) is 15.0 Å². The SMILES string of the molecule is Oc1c(-c2cc3ccccc3c3ccccc23)ccc(-c2nc(-c3ccccc3)nc(-c3ccc4c(ccc5ccccc54)c3)n2)c1-c1ccccc1. The second-order valence-electron chi connectivity index (χ2n) is 13.3. The Kier molecular flexibility index (Phi) is 7.26. The lowest BCUT2D eigenvalue weighted by Crippen LogP contribution is -2.01. The van der Waals surface area contributed by atoms with Crippen LogP contribution in [0.15, 0.2) is 182 Å². The van der Waals surface area contributed by atoms with E-state index in [2.05, 4.69) is 109 Å². The molecule has 0 saturated carbocycles. The smallest absolute Gasteiger partial charge is 0.164 e. The van der Waals surface area contributed by atoms with Gasteiger partial charge in [-0.2, -0.15) is 0 Å². The Hall–Kier alpha value is -7.17. The number of fused-ring (bicyclic) bond motifs is 6. The number of phenolic OH excluding ortho intramolecular Hbond substituents is 1. The Morgan fingerprint density at radius 1 is 0.302 bits per heavy atom. The Bertz CT molecular complexity index is 3010. The van der Waals surface area contributed by atoms with E-state index >= 15 is 0 Å². The van der Waals surface area contributed by atoms with Crippen molar-refractivity contribution in [1.29, 1.82) is 0 Å². The summed E-state index contributed by atoms with van der Waals surface area (Å²) in [4.78, 5) is 15.3. The highest BCUT2D eigenvalue weighted by Crippen LogP contribution is 2.46. The van der Waals surface area contributed by atoms with Gasteiger partial charge in [-0.3, -0.25) is 0 Å². The van der Waals surface area contributed by atoms with Crippen molar-refractivity contribution in [2.75, 3.05) is 0 Å². The first-order valence-corrected chi connectivity index (χ1v) is 17.8. The third kappa shape index (κ3) is 5.28. The topological polar surface area (TPSA) is 58.9 Å². The van der Waals surface area contributed by atoms with Crippen LogP contribution < -0.4 is 0 Å². The first-order valence-electron chi connectivity index (χ1n) is 17.8. The molecule has 0 aliphatic rings. The maximum atomic E-state index is 12.5. The fraction of sp³-hybridized carbons (Fsp3) is 0. The average Bonchev–Trinajstić information content (AvgIpc) is 3.23. The molecule has 0 aliphatic carbocycles. The lowest BCUT2D eigenvalue weighted by Gasteiger charge is -2.18. The van der Waals surface area contributed by atoms with Gasteiger partial charge in [0.15, 0.2) is 17.5 Å². The van der Waals surface area contributed by atoms with Crippen LogP contribution in [0, 0.1) is 0 Å². The summed E-state index contributed by atoms with van der Waals surface area (Å²) >= 11 is 0. The normalized spacial score (nSPS) is 11.5.